The van der Waals surface area contributed by atoms with Crippen LogP contribution in [0.1, 0.15) is 5.56 Å². The average molecular weight is 302 g/mol. The molecule has 0 heterocycles. The molecule has 1 unspecified atom stereocenters. The van der Waals surface area contributed by atoms with E-state index in [1.54, 1.807) is 12.1 Å². The molecule has 0 amide bonds. The quantitative estimate of drug-likeness (QED) is 0.707. The number of carboxylic acids is 1. The molecular formula is C12H18N2O5S. The zero-order chi connectivity index (χ0) is 15.2. The summed E-state index contributed by atoms with van der Waals surface area (Å²) >= 11 is 0. The van der Waals surface area contributed by atoms with Gasteiger partial charge < -0.3 is 9.84 Å². The van der Waals surface area contributed by atoms with E-state index in [-0.39, 0.29) is 13.1 Å². The molecule has 0 saturated heterocycles. The fourth-order valence-corrected chi connectivity index (χ4v) is 2.39. The first-order valence-electron chi connectivity index (χ1n) is 5.87. The van der Waals surface area contributed by atoms with Gasteiger partial charge in [0.25, 0.3) is 10.2 Å². The fourth-order valence-electron chi connectivity index (χ4n) is 1.49. The van der Waals surface area contributed by atoms with E-state index in [1.165, 1.54) is 14.2 Å². The lowest BCUT2D eigenvalue weighted by molar-refractivity contribution is -0.147. The van der Waals surface area contributed by atoms with Crippen LogP contribution in [0.2, 0.25) is 0 Å². The van der Waals surface area contributed by atoms with Crippen molar-refractivity contribution >= 4 is 16.2 Å². The third-order valence-corrected chi connectivity index (χ3v) is 4.15. The number of hydrogen-bond donors (Lipinski definition) is 2. The van der Waals surface area contributed by atoms with Crippen molar-refractivity contribution in [3.63, 3.8) is 0 Å². The molecule has 2 N–H and O–H groups in total. The van der Waals surface area contributed by atoms with Crippen molar-refractivity contribution in [2.45, 2.75) is 12.6 Å². The summed E-state index contributed by atoms with van der Waals surface area (Å²) in [4.78, 5) is 10.7. The van der Waals surface area contributed by atoms with Crippen molar-refractivity contribution in [3.8, 4) is 0 Å². The zero-order valence-electron chi connectivity index (χ0n) is 11.3. The van der Waals surface area contributed by atoms with Crippen LogP contribution in [0.15, 0.2) is 30.3 Å². The Morgan fingerprint density at radius 1 is 1.40 bits per heavy atom. The number of methoxy groups -OCH3 is 1. The fraction of sp³-hybridized carbons (Fsp3) is 0.417. The van der Waals surface area contributed by atoms with Crippen molar-refractivity contribution in [2.24, 2.45) is 0 Å². The normalized spacial score (nSPS) is 13.3. The molecule has 1 atom stereocenters. The highest BCUT2D eigenvalue weighted by molar-refractivity contribution is 7.87. The van der Waals surface area contributed by atoms with Crippen LogP contribution >= 0.6 is 0 Å². The van der Waals surface area contributed by atoms with Gasteiger partial charge in [-0.2, -0.15) is 17.4 Å². The van der Waals surface area contributed by atoms with Crippen LogP contribution < -0.4 is 4.72 Å². The number of rotatable bonds is 8. The van der Waals surface area contributed by atoms with Crippen LogP contribution in [0.5, 0.6) is 0 Å². The van der Waals surface area contributed by atoms with Gasteiger partial charge in [-0.25, -0.2) is 4.79 Å². The van der Waals surface area contributed by atoms with Crippen molar-refractivity contribution in [1.29, 1.82) is 0 Å². The molecule has 1 rings (SSSR count). The van der Waals surface area contributed by atoms with Crippen LogP contribution in [0.3, 0.4) is 0 Å². The van der Waals surface area contributed by atoms with E-state index in [0.717, 1.165) is 9.87 Å². The Morgan fingerprint density at radius 2 is 2.00 bits per heavy atom. The summed E-state index contributed by atoms with van der Waals surface area (Å²) in [5.74, 6) is -1.22. The first-order chi connectivity index (χ1) is 9.36. The largest absolute Gasteiger partial charge is 0.479 e. The van der Waals surface area contributed by atoms with Gasteiger partial charge in [0, 0.05) is 27.2 Å². The molecule has 0 fully saturated rings. The van der Waals surface area contributed by atoms with Gasteiger partial charge in [-0.05, 0) is 5.56 Å². The molecule has 0 spiro atoms. The summed E-state index contributed by atoms with van der Waals surface area (Å²) in [6, 6.07) is 9.08. The van der Waals surface area contributed by atoms with E-state index in [9.17, 15) is 13.2 Å². The smallest absolute Gasteiger partial charge is 0.334 e. The predicted octanol–water partition coefficient (Wildman–Crippen LogP) is 0.0524. The lowest BCUT2D eigenvalue weighted by atomic mass is 10.2. The lowest BCUT2D eigenvalue weighted by Gasteiger charge is -2.19. The van der Waals surface area contributed by atoms with Gasteiger partial charge in [-0.15, -0.1) is 0 Å². The van der Waals surface area contributed by atoms with Crippen LogP contribution in [-0.2, 0) is 26.3 Å². The molecule has 0 aliphatic carbocycles. The molecule has 1 aromatic carbocycles. The molecule has 0 saturated carbocycles. The number of carbonyl (C=O) groups is 1. The topological polar surface area (TPSA) is 95.9 Å². The molecule has 7 nitrogen and oxygen atoms in total. The highest BCUT2D eigenvalue weighted by atomic mass is 32.2. The van der Waals surface area contributed by atoms with Crippen molar-refractivity contribution in [1.82, 2.24) is 9.03 Å². The van der Waals surface area contributed by atoms with Crippen molar-refractivity contribution in [2.75, 3.05) is 20.7 Å². The summed E-state index contributed by atoms with van der Waals surface area (Å²) in [7, 11) is -1.13. The van der Waals surface area contributed by atoms with Crippen LogP contribution in [0.4, 0.5) is 0 Å². The van der Waals surface area contributed by atoms with Crippen LogP contribution in [0, 0.1) is 0 Å². The van der Waals surface area contributed by atoms with E-state index in [2.05, 4.69) is 9.46 Å². The van der Waals surface area contributed by atoms with Crippen LogP contribution in [0.25, 0.3) is 0 Å². The third kappa shape index (κ3) is 4.89. The van der Waals surface area contributed by atoms with Crippen LogP contribution in [-0.4, -0.2) is 50.6 Å². The molecule has 0 aliphatic rings. The summed E-state index contributed by atoms with van der Waals surface area (Å²) in [5, 5.41) is 8.77. The molecule has 0 bridgehead atoms. The molecular weight excluding hydrogens is 284 g/mol. The lowest BCUT2D eigenvalue weighted by Crippen LogP contribution is -2.43. The SMILES string of the molecule is COC(CNS(=O)(=O)N(C)Cc1ccccc1)C(=O)O. The minimum absolute atomic E-state index is 0.195. The van der Waals surface area contributed by atoms with Gasteiger partial charge in [0.15, 0.2) is 6.10 Å². The van der Waals surface area contributed by atoms with E-state index in [4.69, 9.17) is 5.11 Å². The maximum Gasteiger partial charge on any atom is 0.334 e. The highest BCUT2D eigenvalue weighted by Crippen LogP contribution is 2.05. The Labute approximate surface area is 118 Å². The van der Waals surface area contributed by atoms with E-state index in [1.807, 2.05) is 18.2 Å². The Bertz CT molecular complexity index is 532. The second-order valence-electron chi connectivity index (χ2n) is 4.16. The van der Waals surface area contributed by atoms with Gasteiger partial charge in [0.1, 0.15) is 0 Å². The van der Waals surface area contributed by atoms with Crippen molar-refractivity contribution in [3.05, 3.63) is 35.9 Å². The summed E-state index contributed by atoms with van der Waals surface area (Å²) < 4.78 is 31.9. The molecule has 112 valence electrons. The maximum absolute atomic E-state index is 11.9. The second kappa shape index (κ2) is 7.34. The molecule has 8 heteroatoms. The Hall–Kier alpha value is -1.48. The van der Waals surface area contributed by atoms with Gasteiger partial charge in [-0.1, -0.05) is 30.3 Å². The van der Waals surface area contributed by atoms with Gasteiger partial charge >= 0.3 is 5.97 Å². The minimum atomic E-state index is -3.76. The monoisotopic (exact) mass is 302 g/mol. The number of benzene rings is 1. The molecule has 20 heavy (non-hydrogen) atoms. The first-order valence-corrected chi connectivity index (χ1v) is 7.31. The van der Waals surface area contributed by atoms with Gasteiger partial charge in [0.05, 0.1) is 0 Å². The first kappa shape index (κ1) is 16.6. The van der Waals surface area contributed by atoms with Crippen molar-refractivity contribution < 1.29 is 23.1 Å². The van der Waals surface area contributed by atoms with E-state index >= 15 is 0 Å². The number of ether oxygens (including phenoxy) is 1. The number of hydrogen-bond acceptors (Lipinski definition) is 4. The Morgan fingerprint density at radius 3 is 2.50 bits per heavy atom. The summed E-state index contributed by atoms with van der Waals surface area (Å²) in [5.41, 5.74) is 0.835. The molecule has 0 aromatic heterocycles. The van der Waals surface area contributed by atoms with Gasteiger partial charge in [0.2, 0.25) is 0 Å². The number of aliphatic carboxylic acids is 1. The maximum atomic E-state index is 11.9. The standard InChI is InChI=1S/C12H18N2O5S/c1-14(9-10-6-4-3-5-7-10)20(17,18)13-8-11(19-2)12(15)16/h3-7,11,13H,8-9H2,1-2H3,(H,15,16). The number of carboxylic acid groups (broad SMARTS) is 1. The summed E-state index contributed by atoms with van der Waals surface area (Å²) in [6.45, 7) is -0.131. The third-order valence-electron chi connectivity index (χ3n) is 2.67. The minimum Gasteiger partial charge on any atom is -0.479 e. The Kier molecular flexibility index (Phi) is 6.08. The average Bonchev–Trinajstić information content (AvgIpc) is 2.40. The number of nitrogens with one attached hydrogen (secondary N) is 1. The highest BCUT2D eigenvalue weighted by Gasteiger charge is 2.22. The molecule has 0 radical (unpaired) electrons. The zero-order valence-corrected chi connectivity index (χ0v) is 12.1. The van der Waals surface area contributed by atoms with E-state index < -0.39 is 22.3 Å². The Balaban J connectivity index is 2.62. The second-order valence-corrected chi connectivity index (χ2v) is 6.02. The predicted molar refractivity (Wildman–Crippen MR) is 73.3 cm³/mol. The van der Waals surface area contributed by atoms with Gasteiger partial charge in [-0.3, -0.25) is 0 Å². The summed E-state index contributed by atoms with van der Waals surface area (Å²) in [6.07, 6.45) is -1.21. The molecule has 1 aromatic rings. The van der Waals surface area contributed by atoms with E-state index in [0.29, 0.717) is 0 Å². The number of nitrogens with zero attached hydrogens (tertiary/aromatic N) is 1. The molecule has 0 aliphatic heterocycles.